The number of aromatic nitrogens is 3. The third kappa shape index (κ3) is 4.17. The Balaban J connectivity index is 2.21. The molecule has 0 saturated carbocycles. The molecule has 3 aromatic heterocycles. The second-order valence-electron chi connectivity index (χ2n) is 8.26. The molecule has 0 aliphatic carbocycles. The van der Waals surface area contributed by atoms with Gasteiger partial charge >= 0.3 is 0 Å². The van der Waals surface area contributed by atoms with Crippen molar-refractivity contribution in [1.82, 2.24) is 14.0 Å². The number of nitrogens with one attached hydrogen (secondary N) is 1. The van der Waals surface area contributed by atoms with Crippen LogP contribution in [0.3, 0.4) is 0 Å². The molecule has 3 rings (SSSR count). The standard InChI is InChI=1S/C21H28N4O5S/c1-21(2,3)31(28,29)18-13-25-16(11-23-19(25)10-17(18)30-5)14-9-15(22-7-6-8-26)20(27)24(4)12-14/h9-13,22,26H,6-8H2,1-5H3. The molecular formula is C21H28N4O5S. The van der Waals surface area contributed by atoms with Gasteiger partial charge in [-0.3, -0.25) is 9.20 Å². The third-order valence-electron chi connectivity index (χ3n) is 5.02. The van der Waals surface area contributed by atoms with E-state index in [2.05, 4.69) is 10.3 Å². The first-order valence-corrected chi connectivity index (χ1v) is 11.3. The second-order valence-corrected chi connectivity index (χ2v) is 10.9. The Labute approximate surface area is 181 Å². The van der Waals surface area contributed by atoms with Crippen molar-refractivity contribution in [2.24, 2.45) is 7.05 Å². The summed E-state index contributed by atoms with van der Waals surface area (Å²) in [4.78, 5) is 16.9. The van der Waals surface area contributed by atoms with Gasteiger partial charge in [0.1, 0.15) is 22.0 Å². The molecule has 3 aromatic rings. The molecule has 31 heavy (non-hydrogen) atoms. The SMILES string of the molecule is COc1cc2ncc(-c3cc(NCCCO)c(=O)n(C)c3)n2cc1S(=O)(=O)C(C)(C)C. The van der Waals surface area contributed by atoms with Crippen molar-refractivity contribution in [2.75, 3.05) is 25.6 Å². The predicted octanol–water partition coefficient (Wildman–Crippen LogP) is 2.08. The van der Waals surface area contributed by atoms with Crippen LogP contribution < -0.4 is 15.6 Å². The minimum atomic E-state index is -3.69. The van der Waals surface area contributed by atoms with Crippen LogP contribution in [0.15, 0.2) is 40.4 Å². The van der Waals surface area contributed by atoms with Crippen LogP contribution in [0.4, 0.5) is 5.69 Å². The van der Waals surface area contributed by atoms with Gasteiger partial charge in [-0.1, -0.05) is 0 Å². The number of hydrogen-bond acceptors (Lipinski definition) is 7. The Bertz CT molecular complexity index is 1270. The number of nitrogens with zero attached hydrogens (tertiary/aromatic N) is 3. The molecule has 0 aliphatic rings. The monoisotopic (exact) mass is 448 g/mol. The fourth-order valence-electron chi connectivity index (χ4n) is 3.17. The van der Waals surface area contributed by atoms with Crippen molar-refractivity contribution in [3.8, 4) is 17.0 Å². The van der Waals surface area contributed by atoms with Gasteiger partial charge in [0.05, 0.1) is 23.7 Å². The number of aliphatic hydroxyl groups excluding tert-OH is 1. The third-order valence-corrected chi connectivity index (χ3v) is 7.52. The first kappa shape index (κ1) is 22.8. The van der Waals surface area contributed by atoms with E-state index in [1.54, 1.807) is 56.7 Å². The van der Waals surface area contributed by atoms with E-state index >= 15 is 0 Å². The van der Waals surface area contributed by atoms with Gasteiger partial charge in [0, 0.05) is 44.2 Å². The lowest BCUT2D eigenvalue weighted by molar-refractivity contribution is 0.292. The highest BCUT2D eigenvalue weighted by atomic mass is 32.2. The van der Waals surface area contributed by atoms with E-state index in [0.29, 0.717) is 35.6 Å². The predicted molar refractivity (Wildman–Crippen MR) is 120 cm³/mol. The number of methoxy groups -OCH3 is 1. The summed E-state index contributed by atoms with van der Waals surface area (Å²) in [5.41, 5.74) is 2.02. The fraction of sp³-hybridized carbons (Fsp3) is 0.429. The molecular weight excluding hydrogens is 420 g/mol. The fourth-order valence-corrected chi connectivity index (χ4v) is 4.48. The van der Waals surface area contributed by atoms with Crippen LogP contribution in [-0.4, -0.2) is 52.5 Å². The zero-order valence-electron chi connectivity index (χ0n) is 18.3. The van der Waals surface area contributed by atoms with Crippen molar-refractivity contribution in [3.05, 3.63) is 41.1 Å². The summed E-state index contributed by atoms with van der Waals surface area (Å²) >= 11 is 0. The molecule has 0 aliphatic heterocycles. The summed E-state index contributed by atoms with van der Waals surface area (Å²) in [6, 6.07) is 3.29. The van der Waals surface area contributed by atoms with Gasteiger partial charge < -0.3 is 19.7 Å². The molecule has 0 bridgehead atoms. The molecule has 3 heterocycles. The molecule has 10 heteroatoms. The quantitative estimate of drug-likeness (QED) is 0.532. The molecule has 0 unspecified atom stereocenters. The molecule has 9 nitrogen and oxygen atoms in total. The number of aliphatic hydroxyl groups is 1. The zero-order valence-corrected chi connectivity index (χ0v) is 19.2. The maximum Gasteiger partial charge on any atom is 0.273 e. The lowest BCUT2D eigenvalue weighted by Crippen LogP contribution is -2.28. The number of pyridine rings is 2. The summed E-state index contributed by atoms with van der Waals surface area (Å²) in [5, 5.41) is 12.0. The van der Waals surface area contributed by atoms with E-state index in [1.807, 2.05) is 0 Å². The van der Waals surface area contributed by atoms with Gasteiger partial charge in [0.25, 0.3) is 5.56 Å². The van der Waals surface area contributed by atoms with E-state index in [4.69, 9.17) is 9.84 Å². The van der Waals surface area contributed by atoms with Crippen LogP contribution >= 0.6 is 0 Å². The van der Waals surface area contributed by atoms with E-state index < -0.39 is 14.6 Å². The number of sulfone groups is 1. The largest absolute Gasteiger partial charge is 0.495 e. The Hall–Kier alpha value is -2.85. The maximum absolute atomic E-state index is 13.2. The zero-order chi connectivity index (χ0) is 23.0. The van der Waals surface area contributed by atoms with Crippen LogP contribution in [-0.2, 0) is 16.9 Å². The molecule has 0 aromatic carbocycles. The minimum Gasteiger partial charge on any atom is -0.495 e. The van der Waals surface area contributed by atoms with Gasteiger partial charge in [-0.15, -0.1) is 0 Å². The molecule has 0 radical (unpaired) electrons. The molecule has 2 N–H and O–H groups in total. The van der Waals surface area contributed by atoms with Gasteiger partial charge in [-0.2, -0.15) is 0 Å². The number of fused-ring (bicyclic) bond motifs is 1. The van der Waals surface area contributed by atoms with Crippen molar-refractivity contribution >= 4 is 21.2 Å². The molecule has 0 fully saturated rings. The van der Waals surface area contributed by atoms with Crippen molar-refractivity contribution < 1.29 is 18.3 Å². The Kier molecular flexibility index (Phi) is 6.15. The second kappa shape index (κ2) is 8.35. The summed E-state index contributed by atoms with van der Waals surface area (Å²) in [6.07, 6.45) is 5.32. The normalized spacial score (nSPS) is 12.3. The first-order chi connectivity index (χ1) is 14.5. The summed E-state index contributed by atoms with van der Waals surface area (Å²) < 4.78 is 33.8. The first-order valence-electron chi connectivity index (χ1n) is 9.86. The van der Waals surface area contributed by atoms with Gasteiger partial charge in [-0.05, 0) is 33.3 Å². The molecule has 168 valence electrons. The summed E-state index contributed by atoms with van der Waals surface area (Å²) in [7, 11) is -0.621. The maximum atomic E-state index is 13.2. The summed E-state index contributed by atoms with van der Waals surface area (Å²) in [6.45, 7) is 5.38. The molecule has 0 spiro atoms. The van der Waals surface area contributed by atoms with Crippen molar-refractivity contribution in [2.45, 2.75) is 36.8 Å². The van der Waals surface area contributed by atoms with Crippen molar-refractivity contribution in [3.63, 3.8) is 0 Å². The van der Waals surface area contributed by atoms with Crippen LogP contribution in [0.25, 0.3) is 16.9 Å². The van der Waals surface area contributed by atoms with E-state index in [9.17, 15) is 13.2 Å². The lowest BCUT2D eigenvalue weighted by atomic mass is 10.2. The number of ether oxygens (including phenoxy) is 1. The number of aryl methyl sites for hydroxylation is 1. The topological polar surface area (TPSA) is 115 Å². The molecule has 0 amide bonds. The van der Waals surface area contributed by atoms with Gasteiger partial charge in [0.2, 0.25) is 0 Å². The highest BCUT2D eigenvalue weighted by molar-refractivity contribution is 7.92. The molecule has 0 saturated heterocycles. The van der Waals surface area contributed by atoms with E-state index in [-0.39, 0.29) is 22.8 Å². The van der Waals surface area contributed by atoms with E-state index in [0.717, 1.165) is 0 Å². The van der Waals surface area contributed by atoms with Crippen LogP contribution in [0.2, 0.25) is 0 Å². The highest BCUT2D eigenvalue weighted by Crippen LogP contribution is 2.34. The number of imidazole rings is 1. The minimum absolute atomic E-state index is 0.0210. The average molecular weight is 449 g/mol. The Morgan fingerprint density at radius 1 is 1.23 bits per heavy atom. The van der Waals surface area contributed by atoms with Crippen LogP contribution in [0.5, 0.6) is 5.75 Å². The van der Waals surface area contributed by atoms with Crippen LogP contribution in [0, 0.1) is 0 Å². The highest BCUT2D eigenvalue weighted by Gasteiger charge is 2.34. The van der Waals surface area contributed by atoms with E-state index in [1.165, 1.54) is 17.9 Å². The number of anilines is 1. The Morgan fingerprint density at radius 3 is 2.55 bits per heavy atom. The average Bonchev–Trinajstić information content (AvgIpc) is 3.12. The summed E-state index contributed by atoms with van der Waals surface area (Å²) in [5.74, 6) is 0.228. The number of hydrogen-bond donors (Lipinski definition) is 2. The Morgan fingerprint density at radius 2 is 1.94 bits per heavy atom. The lowest BCUT2D eigenvalue weighted by Gasteiger charge is -2.21. The van der Waals surface area contributed by atoms with Crippen LogP contribution in [0.1, 0.15) is 27.2 Å². The van der Waals surface area contributed by atoms with Crippen molar-refractivity contribution in [1.29, 1.82) is 0 Å². The smallest absolute Gasteiger partial charge is 0.273 e. The van der Waals surface area contributed by atoms with Gasteiger partial charge in [0.15, 0.2) is 9.84 Å². The van der Waals surface area contributed by atoms with Gasteiger partial charge in [-0.25, -0.2) is 13.4 Å². The molecule has 0 atom stereocenters. The number of rotatable bonds is 7.